The highest BCUT2D eigenvalue weighted by atomic mass is 79.9. The first kappa shape index (κ1) is 23.2. The second-order valence-corrected chi connectivity index (χ2v) is 9.74. The Kier molecular flexibility index (Phi) is 6.63. The summed E-state index contributed by atoms with van der Waals surface area (Å²) in [6.07, 6.45) is 2.05. The number of nitrogens with one attached hydrogen (secondary N) is 1. The fourth-order valence-corrected chi connectivity index (χ4v) is 4.80. The second-order valence-electron chi connectivity index (χ2n) is 8.82. The van der Waals surface area contributed by atoms with E-state index in [9.17, 15) is 9.59 Å². The number of aromatic nitrogens is 3. The molecule has 2 aromatic heterocycles. The molecule has 0 saturated carbocycles. The van der Waals surface area contributed by atoms with Gasteiger partial charge in [-0.25, -0.2) is 4.98 Å². The molecule has 1 aromatic carbocycles. The predicted molar refractivity (Wildman–Crippen MR) is 138 cm³/mol. The molecule has 0 radical (unpaired) electrons. The molecule has 1 atom stereocenters. The van der Waals surface area contributed by atoms with Gasteiger partial charge in [-0.3, -0.25) is 9.59 Å². The van der Waals surface area contributed by atoms with Gasteiger partial charge in [0.1, 0.15) is 5.82 Å². The van der Waals surface area contributed by atoms with Crippen LogP contribution < -0.4 is 15.1 Å². The van der Waals surface area contributed by atoms with Gasteiger partial charge in [0.2, 0.25) is 11.8 Å². The molecule has 2 aliphatic heterocycles. The molecule has 35 heavy (non-hydrogen) atoms. The van der Waals surface area contributed by atoms with E-state index in [2.05, 4.69) is 41.3 Å². The van der Waals surface area contributed by atoms with Gasteiger partial charge in [-0.05, 0) is 48.9 Å². The third kappa shape index (κ3) is 5.27. The maximum atomic E-state index is 13.1. The summed E-state index contributed by atoms with van der Waals surface area (Å²) in [5.41, 5.74) is 1.91. The minimum absolute atomic E-state index is 0.00935. The van der Waals surface area contributed by atoms with E-state index in [1.807, 2.05) is 60.4 Å². The SMILES string of the molecule is Cc1ccc(Nc2ccc(N3CCN(C(=O)C4CC(=O)N(c5cccc(Br)c5)C4)CC3)nn2)nc1. The minimum atomic E-state index is -0.312. The number of pyridine rings is 1. The van der Waals surface area contributed by atoms with Crippen LogP contribution in [0.2, 0.25) is 0 Å². The Balaban J connectivity index is 1.15. The van der Waals surface area contributed by atoms with Crippen molar-refractivity contribution in [3.8, 4) is 0 Å². The van der Waals surface area contributed by atoms with Gasteiger partial charge in [0, 0.05) is 55.5 Å². The van der Waals surface area contributed by atoms with Crippen LogP contribution in [0.25, 0.3) is 0 Å². The third-order valence-corrected chi connectivity index (χ3v) is 6.82. The lowest BCUT2D eigenvalue weighted by atomic mass is 10.1. The molecule has 2 fully saturated rings. The first-order valence-electron chi connectivity index (χ1n) is 11.6. The van der Waals surface area contributed by atoms with E-state index in [-0.39, 0.29) is 24.2 Å². The number of carbonyl (C=O) groups excluding carboxylic acids is 2. The average Bonchev–Trinajstić information content (AvgIpc) is 3.27. The summed E-state index contributed by atoms with van der Waals surface area (Å²) in [6.45, 7) is 4.94. The predicted octanol–water partition coefficient (Wildman–Crippen LogP) is 3.39. The maximum absolute atomic E-state index is 13.1. The molecule has 180 valence electrons. The van der Waals surface area contributed by atoms with Crippen LogP contribution in [-0.4, -0.2) is 64.6 Å². The zero-order valence-electron chi connectivity index (χ0n) is 19.4. The molecule has 0 bridgehead atoms. The number of hydrogen-bond donors (Lipinski definition) is 1. The van der Waals surface area contributed by atoms with Crippen molar-refractivity contribution in [3.05, 3.63) is 64.8 Å². The maximum Gasteiger partial charge on any atom is 0.228 e. The minimum Gasteiger partial charge on any atom is -0.352 e. The van der Waals surface area contributed by atoms with Crippen LogP contribution in [-0.2, 0) is 9.59 Å². The first-order valence-corrected chi connectivity index (χ1v) is 12.4. The number of anilines is 4. The van der Waals surface area contributed by atoms with E-state index in [0.29, 0.717) is 44.4 Å². The van der Waals surface area contributed by atoms with Gasteiger partial charge in [-0.1, -0.05) is 28.1 Å². The number of piperazine rings is 1. The first-order chi connectivity index (χ1) is 17.0. The molecule has 2 aliphatic rings. The monoisotopic (exact) mass is 535 g/mol. The number of benzene rings is 1. The highest BCUT2D eigenvalue weighted by Gasteiger charge is 2.38. The zero-order valence-corrected chi connectivity index (χ0v) is 21.0. The Morgan fingerprint density at radius 1 is 1.03 bits per heavy atom. The largest absolute Gasteiger partial charge is 0.352 e. The number of amides is 2. The van der Waals surface area contributed by atoms with Crippen LogP contribution in [0.1, 0.15) is 12.0 Å². The molecule has 2 saturated heterocycles. The van der Waals surface area contributed by atoms with Gasteiger partial charge in [0.15, 0.2) is 11.6 Å². The lowest BCUT2D eigenvalue weighted by Gasteiger charge is -2.36. The molecule has 9 nitrogen and oxygen atoms in total. The fourth-order valence-electron chi connectivity index (χ4n) is 4.41. The number of carbonyl (C=O) groups is 2. The summed E-state index contributed by atoms with van der Waals surface area (Å²) in [4.78, 5) is 35.8. The Bertz CT molecular complexity index is 1210. The second kappa shape index (κ2) is 9.99. The number of nitrogens with zero attached hydrogens (tertiary/aromatic N) is 6. The lowest BCUT2D eigenvalue weighted by molar-refractivity contribution is -0.136. The zero-order chi connectivity index (χ0) is 24.4. The summed E-state index contributed by atoms with van der Waals surface area (Å²) in [5, 5.41) is 11.8. The van der Waals surface area contributed by atoms with Crippen molar-refractivity contribution in [2.24, 2.45) is 5.92 Å². The van der Waals surface area contributed by atoms with E-state index in [4.69, 9.17) is 0 Å². The van der Waals surface area contributed by atoms with Crippen LogP contribution >= 0.6 is 15.9 Å². The van der Waals surface area contributed by atoms with Gasteiger partial charge < -0.3 is 20.0 Å². The van der Waals surface area contributed by atoms with Crippen molar-refractivity contribution in [1.82, 2.24) is 20.1 Å². The lowest BCUT2D eigenvalue weighted by Crippen LogP contribution is -2.51. The van der Waals surface area contributed by atoms with Crippen LogP contribution in [0, 0.1) is 12.8 Å². The third-order valence-electron chi connectivity index (χ3n) is 6.33. The van der Waals surface area contributed by atoms with Crippen molar-refractivity contribution >= 4 is 50.9 Å². The van der Waals surface area contributed by atoms with Crippen LogP contribution in [0.3, 0.4) is 0 Å². The van der Waals surface area contributed by atoms with Crippen molar-refractivity contribution in [2.45, 2.75) is 13.3 Å². The van der Waals surface area contributed by atoms with Gasteiger partial charge in [-0.2, -0.15) is 0 Å². The number of aryl methyl sites for hydroxylation is 1. The van der Waals surface area contributed by atoms with Crippen molar-refractivity contribution in [2.75, 3.05) is 47.8 Å². The molecule has 1 unspecified atom stereocenters. The molecule has 4 heterocycles. The normalized spacial score (nSPS) is 18.2. The molecule has 2 amide bonds. The Labute approximate surface area is 212 Å². The standard InChI is InChI=1S/C25H26BrN7O2/c1-17-5-6-21(27-15-17)28-22-7-8-23(30-29-22)31-9-11-32(12-10-31)25(35)18-13-24(34)33(16-18)20-4-2-3-19(26)14-20/h2-8,14-15,18H,9-13,16H2,1H3,(H,27,28,29). The fraction of sp³-hybridized carbons (Fsp3) is 0.320. The van der Waals surface area contributed by atoms with E-state index in [1.165, 1.54) is 0 Å². The quantitative estimate of drug-likeness (QED) is 0.535. The van der Waals surface area contributed by atoms with E-state index in [0.717, 1.165) is 21.5 Å². The molecule has 1 N–H and O–H groups in total. The van der Waals surface area contributed by atoms with Crippen LogP contribution in [0.4, 0.5) is 23.1 Å². The molecule has 0 spiro atoms. The molecule has 0 aliphatic carbocycles. The topological polar surface area (TPSA) is 94.6 Å². The average molecular weight is 536 g/mol. The Hall–Kier alpha value is -3.53. The molecule has 10 heteroatoms. The smallest absolute Gasteiger partial charge is 0.228 e. The van der Waals surface area contributed by atoms with Crippen LogP contribution in [0.5, 0.6) is 0 Å². The number of hydrogen-bond acceptors (Lipinski definition) is 7. The highest BCUT2D eigenvalue weighted by Crippen LogP contribution is 2.28. The molecule has 5 rings (SSSR count). The van der Waals surface area contributed by atoms with E-state index >= 15 is 0 Å². The summed E-state index contributed by atoms with van der Waals surface area (Å²) in [7, 11) is 0. The Morgan fingerprint density at radius 2 is 1.83 bits per heavy atom. The summed E-state index contributed by atoms with van der Waals surface area (Å²) in [5.74, 6) is 1.84. The summed E-state index contributed by atoms with van der Waals surface area (Å²) in [6, 6.07) is 15.3. The van der Waals surface area contributed by atoms with Crippen molar-refractivity contribution < 1.29 is 9.59 Å². The summed E-state index contributed by atoms with van der Waals surface area (Å²) < 4.78 is 0.910. The van der Waals surface area contributed by atoms with E-state index < -0.39 is 0 Å². The van der Waals surface area contributed by atoms with Gasteiger partial charge in [-0.15, -0.1) is 10.2 Å². The molecular weight excluding hydrogens is 510 g/mol. The van der Waals surface area contributed by atoms with Crippen LogP contribution in [0.15, 0.2) is 59.2 Å². The molecular formula is C25H26BrN7O2. The highest BCUT2D eigenvalue weighted by molar-refractivity contribution is 9.10. The number of halogens is 1. The number of rotatable bonds is 5. The van der Waals surface area contributed by atoms with Gasteiger partial charge >= 0.3 is 0 Å². The van der Waals surface area contributed by atoms with E-state index in [1.54, 1.807) is 11.1 Å². The van der Waals surface area contributed by atoms with Gasteiger partial charge in [0.05, 0.1) is 5.92 Å². The summed E-state index contributed by atoms with van der Waals surface area (Å²) >= 11 is 3.45. The molecule has 3 aromatic rings. The van der Waals surface area contributed by atoms with Crippen molar-refractivity contribution in [1.29, 1.82) is 0 Å². The van der Waals surface area contributed by atoms with Crippen molar-refractivity contribution in [3.63, 3.8) is 0 Å². The Morgan fingerprint density at radius 3 is 2.51 bits per heavy atom. The van der Waals surface area contributed by atoms with Gasteiger partial charge in [0.25, 0.3) is 0 Å².